The van der Waals surface area contributed by atoms with Gasteiger partial charge in [-0.05, 0) is 44.7 Å². The van der Waals surface area contributed by atoms with Crippen LogP contribution in [0.3, 0.4) is 0 Å². The lowest BCUT2D eigenvalue weighted by atomic mass is 10.1. The Kier molecular flexibility index (Phi) is 4.10. The first-order valence-electron chi connectivity index (χ1n) is 6.79. The number of likely N-dealkylation sites (tertiary alicyclic amines) is 1. The van der Waals surface area contributed by atoms with E-state index in [2.05, 4.69) is 17.4 Å². The summed E-state index contributed by atoms with van der Waals surface area (Å²) in [6, 6.07) is 4.01. The molecule has 0 saturated carbocycles. The molecule has 0 aliphatic carbocycles. The predicted molar refractivity (Wildman–Crippen MR) is 76.5 cm³/mol. The second-order valence-electron chi connectivity index (χ2n) is 5.45. The van der Waals surface area contributed by atoms with Crippen molar-refractivity contribution in [3.05, 3.63) is 28.8 Å². The van der Waals surface area contributed by atoms with Crippen molar-refractivity contribution in [1.82, 2.24) is 4.90 Å². The molecular weight excluding hydrogens is 240 g/mol. The van der Waals surface area contributed by atoms with Gasteiger partial charge in [0.15, 0.2) is 0 Å². The van der Waals surface area contributed by atoms with Gasteiger partial charge in [0.25, 0.3) is 0 Å². The number of rotatable bonds is 1. The van der Waals surface area contributed by atoms with E-state index in [0.717, 1.165) is 29.7 Å². The first kappa shape index (κ1) is 13.9. The molecule has 1 aliphatic heterocycles. The van der Waals surface area contributed by atoms with Gasteiger partial charge in [-0.1, -0.05) is 17.7 Å². The number of aryl methyl sites for hydroxylation is 3. The smallest absolute Gasteiger partial charge is 0.321 e. The molecule has 1 unspecified atom stereocenters. The number of piperidine rings is 1. The zero-order valence-corrected chi connectivity index (χ0v) is 11.9. The van der Waals surface area contributed by atoms with Crippen LogP contribution in [-0.4, -0.2) is 35.2 Å². The average molecular weight is 262 g/mol. The van der Waals surface area contributed by atoms with Gasteiger partial charge in [-0.25, -0.2) is 4.79 Å². The Morgan fingerprint density at radius 2 is 1.95 bits per heavy atom. The number of anilines is 1. The third kappa shape index (κ3) is 3.26. The van der Waals surface area contributed by atoms with Gasteiger partial charge >= 0.3 is 6.03 Å². The number of hydrogen-bond donors (Lipinski definition) is 2. The van der Waals surface area contributed by atoms with E-state index in [1.54, 1.807) is 4.90 Å². The van der Waals surface area contributed by atoms with Crippen LogP contribution in [0.4, 0.5) is 10.5 Å². The predicted octanol–water partition coefficient (Wildman–Crippen LogP) is 2.60. The Morgan fingerprint density at radius 3 is 2.53 bits per heavy atom. The number of hydrogen-bond acceptors (Lipinski definition) is 2. The van der Waals surface area contributed by atoms with E-state index >= 15 is 0 Å². The minimum Gasteiger partial charge on any atom is -0.391 e. The molecule has 4 nitrogen and oxygen atoms in total. The Balaban J connectivity index is 2.10. The summed E-state index contributed by atoms with van der Waals surface area (Å²) < 4.78 is 0. The Morgan fingerprint density at radius 1 is 1.32 bits per heavy atom. The summed E-state index contributed by atoms with van der Waals surface area (Å²) in [6.45, 7) is 7.19. The normalized spacial score (nSPS) is 19.4. The molecule has 2 N–H and O–H groups in total. The molecular formula is C15H22N2O2. The monoisotopic (exact) mass is 262 g/mol. The maximum absolute atomic E-state index is 12.2. The van der Waals surface area contributed by atoms with Crippen molar-refractivity contribution >= 4 is 11.7 Å². The van der Waals surface area contributed by atoms with Crippen molar-refractivity contribution < 1.29 is 9.90 Å². The number of aliphatic hydroxyl groups excluding tert-OH is 1. The zero-order chi connectivity index (χ0) is 14.0. The van der Waals surface area contributed by atoms with E-state index in [9.17, 15) is 9.90 Å². The molecule has 0 radical (unpaired) electrons. The number of nitrogens with one attached hydrogen (secondary N) is 1. The van der Waals surface area contributed by atoms with Gasteiger partial charge in [-0.2, -0.15) is 0 Å². The molecule has 1 aromatic carbocycles. The number of aliphatic hydroxyl groups is 1. The van der Waals surface area contributed by atoms with Crippen LogP contribution >= 0.6 is 0 Å². The second kappa shape index (κ2) is 5.61. The third-order valence-electron chi connectivity index (χ3n) is 3.59. The molecule has 2 amide bonds. The molecule has 1 heterocycles. The fourth-order valence-electron chi connectivity index (χ4n) is 2.70. The molecule has 0 bridgehead atoms. The number of urea groups is 1. The zero-order valence-electron chi connectivity index (χ0n) is 11.9. The minimum atomic E-state index is -0.389. The SMILES string of the molecule is Cc1cc(C)c(NC(=O)N2CCCC(O)C2)c(C)c1. The molecule has 0 aromatic heterocycles. The van der Waals surface area contributed by atoms with Crippen LogP contribution in [0.25, 0.3) is 0 Å². The van der Waals surface area contributed by atoms with Gasteiger partial charge in [0, 0.05) is 18.8 Å². The van der Waals surface area contributed by atoms with Crippen molar-refractivity contribution in [3.8, 4) is 0 Å². The Bertz CT molecular complexity index is 462. The summed E-state index contributed by atoms with van der Waals surface area (Å²) in [7, 11) is 0. The van der Waals surface area contributed by atoms with Crippen molar-refractivity contribution in [2.24, 2.45) is 0 Å². The first-order valence-corrected chi connectivity index (χ1v) is 6.79. The molecule has 1 aliphatic rings. The Labute approximate surface area is 114 Å². The van der Waals surface area contributed by atoms with E-state index in [0.29, 0.717) is 13.1 Å². The summed E-state index contributed by atoms with van der Waals surface area (Å²) in [5.41, 5.74) is 4.23. The van der Waals surface area contributed by atoms with Gasteiger partial charge in [0.05, 0.1) is 6.10 Å². The lowest BCUT2D eigenvalue weighted by molar-refractivity contribution is 0.0883. The van der Waals surface area contributed by atoms with Crippen LogP contribution < -0.4 is 5.32 Å². The minimum absolute atomic E-state index is 0.117. The second-order valence-corrected chi connectivity index (χ2v) is 5.45. The molecule has 1 saturated heterocycles. The van der Waals surface area contributed by atoms with Gasteiger partial charge < -0.3 is 15.3 Å². The first-order chi connectivity index (χ1) is 8.97. The molecule has 19 heavy (non-hydrogen) atoms. The Hall–Kier alpha value is -1.55. The summed E-state index contributed by atoms with van der Waals surface area (Å²) in [4.78, 5) is 13.9. The van der Waals surface area contributed by atoms with Crippen LogP contribution in [0.2, 0.25) is 0 Å². The number of carbonyl (C=O) groups is 1. The molecule has 1 atom stereocenters. The maximum atomic E-state index is 12.2. The number of nitrogens with zero attached hydrogens (tertiary/aromatic N) is 1. The van der Waals surface area contributed by atoms with Crippen molar-refractivity contribution in [3.63, 3.8) is 0 Å². The highest BCUT2D eigenvalue weighted by Crippen LogP contribution is 2.22. The summed E-state index contributed by atoms with van der Waals surface area (Å²) in [6.07, 6.45) is 1.26. The third-order valence-corrected chi connectivity index (χ3v) is 3.59. The van der Waals surface area contributed by atoms with Gasteiger partial charge in [0.2, 0.25) is 0 Å². The fourth-order valence-corrected chi connectivity index (χ4v) is 2.70. The lowest BCUT2D eigenvalue weighted by Gasteiger charge is -2.30. The van der Waals surface area contributed by atoms with E-state index in [-0.39, 0.29) is 12.1 Å². The van der Waals surface area contributed by atoms with Gasteiger partial charge in [0.1, 0.15) is 0 Å². The average Bonchev–Trinajstić information content (AvgIpc) is 2.33. The highest BCUT2D eigenvalue weighted by Gasteiger charge is 2.22. The van der Waals surface area contributed by atoms with Gasteiger partial charge in [-0.3, -0.25) is 0 Å². The number of carbonyl (C=O) groups excluding carboxylic acids is 1. The van der Waals surface area contributed by atoms with E-state index in [4.69, 9.17) is 0 Å². The van der Waals surface area contributed by atoms with Crippen molar-refractivity contribution in [2.75, 3.05) is 18.4 Å². The topological polar surface area (TPSA) is 52.6 Å². The van der Waals surface area contributed by atoms with Gasteiger partial charge in [-0.15, -0.1) is 0 Å². The lowest BCUT2D eigenvalue weighted by Crippen LogP contribution is -2.44. The van der Waals surface area contributed by atoms with E-state index < -0.39 is 0 Å². The van der Waals surface area contributed by atoms with Crippen LogP contribution in [0.1, 0.15) is 29.5 Å². The summed E-state index contributed by atoms with van der Waals surface area (Å²) >= 11 is 0. The van der Waals surface area contributed by atoms with E-state index in [1.165, 1.54) is 5.56 Å². The number of benzene rings is 1. The summed E-state index contributed by atoms with van der Waals surface area (Å²) in [5, 5.41) is 12.6. The standard InChI is InChI=1S/C15H22N2O2/c1-10-7-11(2)14(12(3)8-10)16-15(19)17-6-4-5-13(18)9-17/h7-8,13,18H,4-6,9H2,1-3H3,(H,16,19). The largest absolute Gasteiger partial charge is 0.391 e. The summed E-state index contributed by atoms with van der Waals surface area (Å²) in [5.74, 6) is 0. The highest BCUT2D eigenvalue weighted by molar-refractivity contribution is 5.91. The molecule has 1 aromatic rings. The molecule has 2 rings (SSSR count). The fraction of sp³-hybridized carbons (Fsp3) is 0.533. The highest BCUT2D eigenvalue weighted by atomic mass is 16.3. The van der Waals surface area contributed by atoms with E-state index in [1.807, 2.05) is 20.8 Å². The number of amides is 2. The van der Waals surface area contributed by atoms with Crippen LogP contribution in [0.5, 0.6) is 0 Å². The van der Waals surface area contributed by atoms with Crippen molar-refractivity contribution in [2.45, 2.75) is 39.7 Å². The van der Waals surface area contributed by atoms with Crippen LogP contribution in [-0.2, 0) is 0 Å². The number of β-amino-alcohol motifs (C(OH)–C–C–N with tert-alkyl or cyclic N) is 1. The van der Waals surface area contributed by atoms with Crippen molar-refractivity contribution in [1.29, 1.82) is 0 Å². The maximum Gasteiger partial charge on any atom is 0.321 e. The van der Waals surface area contributed by atoms with Crippen LogP contribution in [0.15, 0.2) is 12.1 Å². The molecule has 0 spiro atoms. The quantitative estimate of drug-likeness (QED) is 0.817. The molecule has 4 heteroatoms. The van der Waals surface area contributed by atoms with Crippen LogP contribution in [0, 0.1) is 20.8 Å². The molecule has 104 valence electrons. The molecule has 1 fully saturated rings.